The molecule has 28 heavy (non-hydrogen) atoms. The summed E-state index contributed by atoms with van der Waals surface area (Å²) in [6.07, 6.45) is 3.15. The van der Waals surface area contributed by atoms with E-state index in [0.29, 0.717) is 13.1 Å². The first-order valence-corrected chi connectivity index (χ1v) is 9.48. The van der Waals surface area contributed by atoms with Crippen molar-refractivity contribution in [3.05, 3.63) is 82.4 Å². The molecule has 0 saturated heterocycles. The Hall–Kier alpha value is -3.20. The molecular formula is C19H19N5O3S. The monoisotopic (exact) mass is 397 g/mol. The maximum atomic E-state index is 12.4. The van der Waals surface area contributed by atoms with Crippen LogP contribution in [-0.4, -0.2) is 30.8 Å². The summed E-state index contributed by atoms with van der Waals surface area (Å²) in [7, 11) is 0. The van der Waals surface area contributed by atoms with Crippen molar-refractivity contribution in [2.45, 2.75) is 30.2 Å². The smallest absolute Gasteiger partial charge is 0.269 e. The highest BCUT2D eigenvalue weighted by molar-refractivity contribution is 8.00. The molecule has 0 spiro atoms. The van der Waals surface area contributed by atoms with E-state index in [1.54, 1.807) is 23.1 Å². The second-order valence-electron chi connectivity index (χ2n) is 6.14. The SMILES string of the molecule is CC(Sc1ccc([N+](=O)[O-])cc1)C(=O)NCc1cccc(Cn2cncn2)c1. The largest absolute Gasteiger partial charge is 0.351 e. The molecule has 1 heterocycles. The van der Waals surface area contributed by atoms with Crippen LogP contribution in [0, 0.1) is 10.1 Å². The molecule has 0 radical (unpaired) electrons. The summed E-state index contributed by atoms with van der Waals surface area (Å²) in [5.74, 6) is -0.0926. The predicted molar refractivity (Wildman–Crippen MR) is 106 cm³/mol. The van der Waals surface area contributed by atoms with E-state index in [9.17, 15) is 14.9 Å². The van der Waals surface area contributed by atoms with Crippen LogP contribution in [0.1, 0.15) is 18.1 Å². The van der Waals surface area contributed by atoms with E-state index in [2.05, 4.69) is 15.4 Å². The second kappa shape index (κ2) is 9.14. The molecule has 1 unspecified atom stereocenters. The van der Waals surface area contributed by atoms with Crippen molar-refractivity contribution in [2.75, 3.05) is 0 Å². The van der Waals surface area contributed by atoms with Crippen LogP contribution >= 0.6 is 11.8 Å². The fraction of sp³-hybridized carbons (Fsp3) is 0.211. The molecule has 0 aliphatic carbocycles. The predicted octanol–water partition coefficient (Wildman–Crippen LogP) is 3.03. The highest BCUT2D eigenvalue weighted by Gasteiger charge is 2.15. The summed E-state index contributed by atoms with van der Waals surface area (Å²) in [6.45, 7) is 2.85. The van der Waals surface area contributed by atoms with Gasteiger partial charge >= 0.3 is 0 Å². The van der Waals surface area contributed by atoms with Crippen LogP contribution in [0.15, 0.2) is 66.1 Å². The van der Waals surface area contributed by atoms with Gasteiger partial charge in [0.05, 0.1) is 16.7 Å². The Balaban J connectivity index is 1.52. The normalized spacial score (nSPS) is 11.8. The molecule has 0 fully saturated rings. The van der Waals surface area contributed by atoms with Crippen molar-refractivity contribution >= 4 is 23.4 Å². The Morgan fingerprint density at radius 3 is 2.68 bits per heavy atom. The third-order valence-corrected chi connectivity index (χ3v) is 5.11. The Morgan fingerprint density at radius 2 is 2.00 bits per heavy atom. The molecule has 0 aliphatic heterocycles. The van der Waals surface area contributed by atoms with Gasteiger partial charge in [-0.15, -0.1) is 11.8 Å². The van der Waals surface area contributed by atoms with E-state index in [-0.39, 0.29) is 16.8 Å². The van der Waals surface area contributed by atoms with Gasteiger partial charge in [0, 0.05) is 23.6 Å². The summed E-state index contributed by atoms with van der Waals surface area (Å²) in [5, 5.41) is 17.4. The summed E-state index contributed by atoms with van der Waals surface area (Å²) in [4.78, 5) is 27.4. The maximum absolute atomic E-state index is 12.4. The Morgan fingerprint density at radius 1 is 1.25 bits per heavy atom. The molecule has 3 aromatic rings. The number of aromatic nitrogens is 3. The molecule has 144 valence electrons. The number of carbonyl (C=O) groups excluding carboxylic acids is 1. The Bertz CT molecular complexity index is 944. The maximum Gasteiger partial charge on any atom is 0.269 e. The fourth-order valence-electron chi connectivity index (χ4n) is 2.58. The minimum atomic E-state index is -0.443. The molecule has 1 atom stereocenters. The quantitative estimate of drug-likeness (QED) is 0.356. The number of nitro benzene ring substituents is 1. The fourth-order valence-corrected chi connectivity index (χ4v) is 3.47. The zero-order chi connectivity index (χ0) is 19.9. The molecule has 1 aromatic heterocycles. The minimum Gasteiger partial charge on any atom is -0.351 e. The average molecular weight is 397 g/mol. The van der Waals surface area contributed by atoms with Crippen LogP contribution in [0.2, 0.25) is 0 Å². The first-order valence-electron chi connectivity index (χ1n) is 8.60. The molecular weight excluding hydrogens is 378 g/mol. The molecule has 3 rings (SSSR count). The summed E-state index contributed by atoms with van der Waals surface area (Å²) in [5.41, 5.74) is 2.11. The molecule has 0 bridgehead atoms. The highest BCUT2D eigenvalue weighted by atomic mass is 32.2. The Labute approximate surface area is 166 Å². The number of hydrogen-bond acceptors (Lipinski definition) is 6. The number of rotatable bonds is 8. The van der Waals surface area contributed by atoms with Gasteiger partial charge in [-0.3, -0.25) is 14.9 Å². The number of nitrogens with one attached hydrogen (secondary N) is 1. The molecule has 2 aromatic carbocycles. The first-order chi connectivity index (χ1) is 13.5. The van der Waals surface area contributed by atoms with Crippen LogP contribution in [-0.2, 0) is 17.9 Å². The summed E-state index contributed by atoms with van der Waals surface area (Å²) >= 11 is 1.36. The van der Waals surface area contributed by atoms with Gasteiger partial charge in [0.2, 0.25) is 5.91 Å². The van der Waals surface area contributed by atoms with Crippen LogP contribution in [0.25, 0.3) is 0 Å². The lowest BCUT2D eigenvalue weighted by Crippen LogP contribution is -2.30. The van der Waals surface area contributed by atoms with E-state index in [4.69, 9.17) is 0 Å². The van der Waals surface area contributed by atoms with Crippen LogP contribution in [0.3, 0.4) is 0 Å². The molecule has 0 aliphatic rings. The number of nitro groups is 1. The van der Waals surface area contributed by atoms with Crippen molar-refractivity contribution in [2.24, 2.45) is 0 Å². The van der Waals surface area contributed by atoms with E-state index >= 15 is 0 Å². The summed E-state index contributed by atoms with van der Waals surface area (Å²) < 4.78 is 1.74. The van der Waals surface area contributed by atoms with E-state index in [0.717, 1.165) is 16.0 Å². The lowest BCUT2D eigenvalue weighted by Gasteiger charge is -2.12. The van der Waals surface area contributed by atoms with Crippen molar-refractivity contribution < 1.29 is 9.72 Å². The van der Waals surface area contributed by atoms with Crippen molar-refractivity contribution in [3.8, 4) is 0 Å². The number of benzene rings is 2. The van der Waals surface area contributed by atoms with Crippen molar-refractivity contribution in [1.29, 1.82) is 0 Å². The Kier molecular flexibility index (Phi) is 6.38. The average Bonchev–Trinajstić information content (AvgIpc) is 3.19. The number of amides is 1. The lowest BCUT2D eigenvalue weighted by molar-refractivity contribution is -0.384. The van der Waals surface area contributed by atoms with Gasteiger partial charge in [-0.1, -0.05) is 24.3 Å². The molecule has 1 N–H and O–H groups in total. The van der Waals surface area contributed by atoms with Gasteiger partial charge in [0.25, 0.3) is 5.69 Å². The standard InChI is InChI=1S/C19H19N5O3S/c1-14(28-18-7-5-17(6-8-18)24(26)27)19(25)21-10-15-3-2-4-16(9-15)11-23-13-20-12-22-23/h2-9,12-14H,10-11H2,1H3,(H,21,25). The minimum absolute atomic E-state index is 0.0345. The van der Waals surface area contributed by atoms with Crippen molar-refractivity contribution in [3.63, 3.8) is 0 Å². The van der Waals surface area contributed by atoms with Gasteiger partial charge in [-0.05, 0) is 30.2 Å². The molecule has 8 nitrogen and oxygen atoms in total. The third kappa shape index (κ3) is 5.40. The van der Waals surface area contributed by atoms with Gasteiger partial charge in [-0.25, -0.2) is 9.67 Å². The number of hydrogen-bond donors (Lipinski definition) is 1. The number of non-ortho nitro benzene ring substituents is 1. The topological polar surface area (TPSA) is 103 Å². The van der Waals surface area contributed by atoms with Crippen LogP contribution in [0.5, 0.6) is 0 Å². The molecule has 9 heteroatoms. The van der Waals surface area contributed by atoms with E-state index < -0.39 is 4.92 Å². The molecule has 0 saturated carbocycles. The lowest BCUT2D eigenvalue weighted by atomic mass is 10.1. The third-order valence-electron chi connectivity index (χ3n) is 4.00. The number of nitrogens with zero attached hydrogens (tertiary/aromatic N) is 4. The second-order valence-corrected chi connectivity index (χ2v) is 7.56. The number of carbonyl (C=O) groups is 1. The highest BCUT2D eigenvalue weighted by Crippen LogP contribution is 2.25. The van der Waals surface area contributed by atoms with Crippen molar-refractivity contribution in [1.82, 2.24) is 20.1 Å². The van der Waals surface area contributed by atoms with Crippen LogP contribution in [0.4, 0.5) is 5.69 Å². The van der Waals surface area contributed by atoms with Gasteiger partial charge < -0.3 is 5.32 Å². The van der Waals surface area contributed by atoms with E-state index in [1.807, 2.05) is 31.2 Å². The van der Waals surface area contributed by atoms with Gasteiger partial charge in [0.1, 0.15) is 12.7 Å². The zero-order valence-electron chi connectivity index (χ0n) is 15.2. The van der Waals surface area contributed by atoms with E-state index in [1.165, 1.54) is 30.2 Å². The summed E-state index contributed by atoms with van der Waals surface area (Å²) in [6, 6.07) is 14.1. The van der Waals surface area contributed by atoms with Crippen LogP contribution < -0.4 is 5.32 Å². The number of thioether (sulfide) groups is 1. The molecule has 1 amide bonds. The first kappa shape index (κ1) is 19.6. The van der Waals surface area contributed by atoms with Gasteiger partial charge in [-0.2, -0.15) is 5.10 Å². The zero-order valence-corrected chi connectivity index (χ0v) is 16.0. The van der Waals surface area contributed by atoms with Gasteiger partial charge in [0.15, 0.2) is 0 Å².